The van der Waals surface area contributed by atoms with E-state index >= 15 is 0 Å². The number of hydrogen-bond donors (Lipinski definition) is 2. The lowest BCUT2D eigenvalue weighted by molar-refractivity contribution is -0.117. The van der Waals surface area contributed by atoms with E-state index in [0.29, 0.717) is 20.5 Å². The number of carbonyl (C=O) groups is 2. The van der Waals surface area contributed by atoms with E-state index in [0.717, 1.165) is 15.6 Å². The average Bonchev–Trinajstić information content (AvgIpc) is 3.65. The summed E-state index contributed by atoms with van der Waals surface area (Å²) in [6.45, 7) is 0. The number of carbonyl (C=O) groups excluding carboxylic acids is 2. The Labute approximate surface area is 229 Å². The van der Waals surface area contributed by atoms with Gasteiger partial charge < -0.3 is 10.2 Å². The number of thiophene rings is 1. The van der Waals surface area contributed by atoms with Crippen LogP contribution in [-0.2, 0) is 10.5 Å². The summed E-state index contributed by atoms with van der Waals surface area (Å²) in [7, 11) is 0. The third-order valence-corrected chi connectivity index (χ3v) is 9.38. The van der Waals surface area contributed by atoms with Gasteiger partial charge >= 0.3 is 0 Å². The number of hydrogen-bond acceptors (Lipinski definition) is 9. The summed E-state index contributed by atoms with van der Waals surface area (Å²) >= 11 is 3.96. The molecule has 6 rings (SSSR count). The highest BCUT2D eigenvalue weighted by atomic mass is 32.2. The topological polar surface area (TPSA) is 104 Å². The molecule has 188 valence electrons. The van der Waals surface area contributed by atoms with Gasteiger partial charge in [-0.15, -0.1) is 21.5 Å². The fourth-order valence-corrected chi connectivity index (χ4v) is 7.19. The number of para-hydroxylation sites is 1. The molecule has 2 aromatic heterocycles. The van der Waals surface area contributed by atoms with Crippen LogP contribution < -0.4 is 4.90 Å². The van der Waals surface area contributed by atoms with Gasteiger partial charge in [0.2, 0.25) is 10.9 Å². The first-order chi connectivity index (χ1) is 18.5. The minimum Gasteiger partial charge on any atom is -0.508 e. The second-order valence-electron chi connectivity index (χ2n) is 8.50. The number of benzene rings is 3. The van der Waals surface area contributed by atoms with Crippen LogP contribution in [0.3, 0.4) is 0 Å². The molecule has 0 radical (unpaired) electrons. The van der Waals surface area contributed by atoms with E-state index < -0.39 is 23.5 Å². The molecule has 0 spiro atoms. The maximum absolute atomic E-state index is 13.8. The number of ketones is 1. The number of Topliss-reactive ketones (excluding diaryl/α,β-unsaturated/α-hetero) is 1. The van der Waals surface area contributed by atoms with Crippen molar-refractivity contribution in [1.29, 1.82) is 0 Å². The van der Waals surface area contributed by atoms with Gasteiger partial charge in [0.1, 0.15) is 11.8 Å². The van der Waals surface area contributed by atoms with Crippen LogP contribution in [-0.4, -0.2) is 32.1 Å². The molecule has 1 atom stereocenters. The Morgan fingerprint density at radius 1 is 0.921 bits per heavy atom. The Hall–Kier alpha value is -3.99. The highest BCUT2D eigenvalue weighted by Gasteiger charge is 2.47. The second-order valence-corrected chi connectivity index (χ2v) is 11.8. The lowest BCUT2D eigenvalue weighted by atomic mass is 9.95. The summed E-state index contributed by atoms with van der Waals surface area (Å²) < 4.78 is 1.55. The van der Waals surface area contributed by atoms with Gasteiger partial charge in [0, 0.05) is 16.0 Å². The summed E-state index contributed by atoms with van der Waals surface area (Å²) in [5.41, 5.74) is 1.33. The van der Waals surface area contributed by atoms with Crippen molar-refractivity contribution in [2.45, 2.75) is 16.1 Å². The van der Waals surface area contributed by atoms with E-state index in [9.17, 15) is 19.8 Å². The van der Waals surface area contributed by atoms with Crippen molar-refractivity contribution < 1.29 is 19.8 Å². The predicted octanol–water partition coefficient (Wildman–Crippen LogP) is 6.53. The SMILES string of the molecule is O=C(C1=C(O)C(=O)N(c2nnc(SCc3ccccc3)s2)C1c1ccccc1O)c1cc2ccccc2s1. The lowest BCUT2D eigenvalue weighted by Gasteiger charge is -2.24. The van der Waals surface area contributed by atoms with Crippen LogP contribution in [0.1, 0.15) is 26.8 Å². The van der Waals surface area contributed by atoms with E-state index in [-0.39, 0.29) is 16.5 Å². The number of aromatic nitrogens is 2. The Morgan fingerprint density at radius 2 is 1.66 bits per heavy atom. The molecule has 38 heavy (non-hydrogen) atoms. The van der Waals surface area contributed by atoms with Crippen LogP contribution >= 0.6 is 34.4 Å². The first-order valence-electron chi connectivity index (χ1n) is 11.6. The van der Waals surface area contributed by atoms with Crippen LogP contribution in [0.2, 0.25) is 0 Å². The molecule has 1 amide bonds. The van der Waals surface area contributed by atoms with Gasteiger partial charge in [-0.3, -0.25) is 14.5 Å². The van der Waals surface area contributed by atoms with Crippen molar-refractivity contribution in [3.05, 3.63) is 112 Å². The molecule has 10 heteroatoms. The maximum atomic E-state index is 13.8. The number of fused-ring (bicyclic) bond motifs is 1. The molecule has 5 aromatic rings. The zero-order valence-corrected chi connectivity index (χ0v) is 22.1. The molecular formula is C28H19N3O4S3. The Balaban J connectivity index is 1.38. The predicted molar refractivity (Wildman–Crippen MR) is 150 cm³/mol. The monoisotopic (exact) mass is 557 g/mol. The van der Waals surface area contributed by atoms with Crippen molar-refractivity contribution in [2.24, 2.45) is 0 Å². The second kappa shape index (κ2) is 10.1. The Morgan fingerprint density at radius 3 is 2.45 bits per heavy atom. The van der Waals surface area contributed by atoms with Crippen LogP contribution in [0.15, 0.2) is 101 Å². The molecule has 0 saturated carbocycles. The highest BCUT2D eigenvalue weighted by Crippen LogP contribution is 2.46. The van der Waals surface area contributed by atoms with Crippen molar-refractivity contribution in [2.75, 3.05) is 4.90 Å². The van der Waals surface area contributed by atoms with E-state index in [2.05, 4.69) is 10.2 Å². The van der Waals surface area contributed by atoms with Crippen molar-refractivity contribution in [3.63, 3.8) is 0 Å². The standard InChI is InChI=1S/C28H19N3O4S3/c32-19-12-6-5-11-18(19)23-22(24(33)21-14-17-10-4-7-13-20(17)37-21)25(34)26(35)31(23)27-29-30-28(38-27)36-15-16-8-2-1-3-9-16/h1-14,23,32,34H,15H2. The molecule has 1 unspecified atom stereocenters. The summed E-state index contributed by atoms with van der Waals surface area (Å²) in [4.78, 5) is 28.9. The van der Waals surface area contributed by atoms with Gasteiger partial charge in [-0.2, -0.15) is 0 Å². The van der Waals surface area contributed by atoms with Gasteiger partial charge in [-0.05, 0) is 29.1 Å². The third-order valence-electron chi connectivity index (χ3n) is 6.14. The van der Waals surface area contributed by atoms with Crippen LogP contribution in [0.4, 0.5) is 5.13 Å². The molecule has 2 N–H and O–H groups in total. The molecule has 1 aliphatic rings. The summed E-state index contributed by atoms with van der Waals surface area (Å²) in [6.07, 6.45) is 0. The molecule has 0 saturated heterocycles. The number of phenolic OH excluding ortho intramolecular Hbond substituents is 1. The molecule has 0 fully saturated rings. The summed E-state index contributed by atoms with van der Waals surface area (Å²) in [5.74, 6) is -1.33. The molecular weight excluding hydrogens is 539 g/mol. The zero-order valence-electron chi connectivity index (χ0n) is 19.6. The molecule has 7 nitrogen and oxygen atoms in total. The van der Waals surface area contributed by atoms with Crippen LogP contribution in [0, 0.1) is 0 Å². The van der Waals surface area contributed by atoms with Crippen molar-refractivity contribution in [1.82, 2.24) is 10.2 Å². The van der Waals surface area contributed by atoms with Gasteiger partial charge in [-0.25, -0.2) is 0 Å². The first kappa shape index (κ1) is 24.4. The smallest absolute Gasteiger partial charge is 0.296 e. The Kier molecular flexibility index (Phi) is 6.44. The number of amides is 1. The van der Waals surface area contributed by atoms with Gasteiger partial charge in [0.15, 0.2) is 10.1 Å². The maximum Gasteiger partial charge on any atom is 0.296 e. The Bertz CT molecular complexity index is 1680. The quantitative estimate of drug-likeness (QED) is 0.133. The van der Waals surface area contributed by atoms with Crippen molar-refractivity contribution in [3.8, 4) is 5.75 Å². The van der Waals surface area contributed by atoms with E-state index in [1.165, 1.54) is 45.4 Å². The summed E-state index contributed by atoms with van der Waals surface area (Å²) in [5, 5.41) is 31.3. The highest BCUT2D eigenvalue weighted by molar-refractivity contribution is 8.00. The van der Waals surface area contributed by atoms with Gasteiger partial charge in [0.25, 0.3) is 5.91 Å². The minimum atomic E-state index is -1.07. The van der Waals surface area contributed by atoms with E-state index in [1.807, 2.05) is 54.6 Å². The number of aromatic hydroxyl groups is 1. The first-order valence-corrected chi connectivity index (χ1v) is 14.2. The molecule has 0 bridgehead atoms. The molecule has 1 aliphatic heterocycles. The van der Waals surface area contributed by atoms with Crippen LogP contribution in [0.5, 0.6) is 5.75 Å². The third kappa shape index (κ3) is 4.36. The minimum absolute atomic E-state index is 0.100. The number of phenols is 1. The number of aliphatic hydroxyl groups is 1. The number of nitrogens with zero attached hydrogens (tertiary/aromatic N) is 3. The molecule has 0 aliphatic carbocycles. The number of rotatable bonds is 7. The number of aliphatic hydroxyl groups excluding tert-OH is 1. The molecule has 3 aromatic carbocycles. The zero-order chi connectivity index (χ0) is 26.2. The largest absolute Gasteiger partial charge is 0.508 e. The fraction of sp³-hybridized carbons (Fsp3) is 0.0714. The van der Waals surface area contributed by atoms with Gasteiger partial charge in [0.05, 0.1) is 10.5 Å². The van der Waals surface area contributed by atoms with Crippen LogP contribution in [0.25, 0.3) is 10.1 Å². The molecule has 3 heterocycles. The normalized spacial score (nSPS) is 15.5. The van der Waals surface area contributed by atoms with Gasteiger partial charge in [-0.1, -0.05) is 89.8 Å². The summed E-state index contributed by atoms with van der Waals surface area (Å²) in [6, 6.07) is 24.6. The average molecular weight is 558 g/mol. The van der Waals surface area contributed by atoms with E-state index in [1.54, 1.807) is 24.3 Å². The number of anilines is 1. The van der Waals surface area contributed by atoms with E-state index in [4.69, 9.17) is 0 Å². The lowest BCUT2D eigenvalue weighted by Crippen LogP contribution is -2.31. The fourth-order valence-electron chi connectivity index (χ4n) is 4.35. The van der Waals surface area contributed by atoms with Crippen molar-refractivity contribution >= 4 is 61.3 Å². The number of thioether (sulfide) groups is 1.